The molecule has 0 fully saturated rings. The molecular formula is C14H15N3O. The third-order valence-corrected chi connectivity index (χ3v) is 2.58. The van der Waals surface area contributed by atoms with Gasteiger partial charge in [0.05, 0.1) is 6.42 Å². The van der Waals surface area contributed by atoms with Gasteiger partial charge in [0.1, 0.15) is 5.82 Å². The van der Waals surface area contributed by atoms with Crippen LogP contribution in [0.4, 0.5) is 11.5 Å². The van der Waals surface area contributed by atoms with Crippen molar-refractivity contribution in [2.45, 2.75) is 13.3 Å². The van der Waals surface area contributed by atoms with Crippen LogP contribution < -0.4 is 11.1 Å². The largest absolute Gasteiger partial charge is 0.399 e. The van der Waals surface area contributed by atoms with Crippen molar-refractivity contribution in [3.8, 4) is 0 Å². The molecule has 18 heavy (non-hydrogen) atoms. The standard InChI is InChI=1S/C14H15N3O/c1-10-4-3-7-16-14(10)17-13(18)9-11-5-2-6-12(15)8-11/h2-8H,9,15H2,1H3,(H,16,17,18). The molecule has 1 aromatic carbocycles. The highest BCUT2D eigenvalue weighted by Crippen LogP contribution is 2.11. The Morgan fingerprint density at radius 2 is 2.17 bits per heavy atom. The fourth-order valence-electron chi connectivity index (χ4n) is 1.68. The number of nitrogens with one attached hydrogen (secondary N) is 1. The topological polar surface area (TPSA) is 68.0 Å². The predicted molar refractivity (Wildman–Crippen MR) is 72.2 cm³/mol. The number of benzene rings is 1. The molecule has 0 aliphatic heterocycles. The van der Waals surface area contributed by atoms with Crippen molar-refractivity contribution in [1.29, 1.82) is 0 Å². The second-order valence-corrected chi connectivity index (χ2v) is 4.14. The van der Waals surface area contributed by atoms with Crippen LogP contribution in [-0.4, -0.2) is 10.9 Å². The Morgan fingerprint density at radius 3 is 2.89 bits per heavy atom. The van der Waals surface area contributed by atoms with Crippen molar-refractivity contribution in [3.05, 3.63) is 53.7 Å². The van der Waals surface area contributed by atoms with E-state index in [1.54, 1.807) is 18.3 Å². The van der Waals surface area contributed by atoms with Crippen LogP contribution in [0.5, 0.6) is 0 Å². The second-order valence-electron chi connectivity index (χ2n) is 4.14. The minimum absolute atomic E-state index is 0.0950. The van der Waals surface area contributed by atoms with Gasteiger partial charge in [-0.05, 0) is 36.2 Å². The van der Waals surface area contributed by atoms with Crippen LogP contribution in [0.2, 0.25) is 0 Å². The molecule has 0 aliphatic rings. The van der Waals surface area contributed by atoms with E-state index < -0.39 is 0 Å². The Morgan fingerprint density at radius 1 is 1.33 bits per heavy atom. The summed E-state index contributed by atoms with van der Waals surface area (Å²) in [5.74, 6) is 0.508. The summed E-state index contributed by atoms with van der Waals surface area (Å²) in [5.41, 5.74) is 8.16. The van der Waals surface area contributed by atoms with Crippen LogP contribution in [0.25, 0.3) is 0 Å². The summed E-state index contributed by atoms with van der Waals surface area (Å²) in [4.78, 5) is 16.0. The van der Waals surface area contributed by atoms with Crippen LogP contribution in [0.3, 0.4) is 0 Å². The average Bonchev–Trinajstić information content (AvgIpc) is 2.32. The Balaban J connectivity index is 2.03. The molecule has 0 radical (unpaired) electrons. The molecule has 0 atom stereocenters. The molecule has 4 heteroatoms. The van der Waals surface area contributed by atoms with Crippen molar-refractivity contribution in [3.63, 3.8) is 0 Å². The fraction of sp³-hybridized carbons (Fsp3) is 0.143. The Bertz CT molecular complexity index is 566. The number of hydrogen-bond donors (Lipinski definition) is 2. The zero-order chi connectivity index (χ0) is 13.0. The minimum atomic E-state index is -0.0950. The van der Waals surface area contributed by atoms with E-state index in [4.69, 9.17) is 5.73 Å². The van der Waals surface area contributed by atoms with Gasteiger partial charge in [0.25, 0.3) is 0 Å². The lowest BCUT2D eigenvalue weighted by molar-refractivity contribution is -0.115. The first-order valence-electron chi connectivity index (χ1n) is 5.71. The molecular weight excluding hydrogens is 226 g/mol. The smallest absolute Gasteiger partial charge is 0.229 e. The summed E-state index contributed by atoms with van der Waals surface area (Å²) in [6.45, 7) is 1.91. The summed E-state index contributed by atoms with van der Waals surface area (Å²) in [6, 6.07) is 11.0. The molecule has 1 amide bonds. The van der Waals surface area contributed by atoms with E-state index in [2.05, 4.69) is 10.3 Å². The Labute approximate surface area is 106 Å². The fourth-order valence-corrected chi connectivity index (χ4v) is 1.68. The first-order valence-corrected chi connectivity index (χ1v) is 5.71. The summed E-state index contributed by atoms with van der Waals surface area (Å²) < 4.78 is 0. The molecule has 1 aromatic heterocycles. The maximum atomic E-state index is 11.9. The van der Waals surface area contributed by atoms with Crippen LogP contribution in [-0.2, 0) is 11.2 Å². The zero-order valence-corrected chi connectivity index (χ0v) is 10.2. The number of anilines is 2. The summed E-state index contributed by atoms with van der Waals surface area (Å²) in [5, 5.41) is 2.79. The summed E-state index contributed by atoms with van der Waals surface area (Å²) in [7, 11) is 0. The van der Waals surface area contributed by atoms with Crippen molar-refractivity contribution < 1.29 is 4.79 Å². The number of amides is 1. The minimum Gasteiger partial charge on any atom is -0.399 e. The third-order valence-electron chi connectivity index (χ3n) is 2.58. The summed E-state index contributed by atoms with van der Waals surface area (Å²) in [6.07, 6.45) is 1.95. The molecule has 0 bridgehead atoms. The maximum absolute atomic E-state index is 11.9. The molecule has 0 unspecified atom stereocenters. The number of carbonyl (C=O) groups excluding carboxylic acids is 1. The van der Waals surface area contributed by atoms with E-state index in [-0.39, 0.29) is 5.91 Å². The predicted octanol–water partition coefficient (Wildman–Crippen LogP) is 2.15. The van der Waals surface area contributed by atoms with Crippen molar-refractivity contribution in [2.75, 3.05) is 11.1 Å². The van der Waals surface area contributed by atoms with Gasteiger partial charge in [0.15, 0.2) is 0 Å². The SMILES string of the molecule is Cc1cccnc1NC(=O)Cc1cccc(N)c1. The number of carbonyl (C=O) groups is 1. The highest BCUT2D eigenvalue weighted by atomic mass is 16.1. The second kappa shape index (κ2) is 5.31. The molecule has 0 saturated carbocycles. The van der Waals surface area contributed by atoms with E-state index in [1.807, 2.05) is 31.2 Å². The third kappa shape index (κ3) is 3.07. The molecule has 3 N–H and O–H groups in total. The van der Waals surface area contributed by atoms with Gasteiger partial charge in [0.2, 0.25) is 5.91 Å². The quantitative estimate of drug-likeness (QED) is 0.809. The summed E-state index contributed by atoms with van der Waals surface area (Å²) >= 11 is 0. The monoisotopic (exact) mass is 241 g/mol. The van der Waals surface area contributed by atoms with Crippen LogP contribution in [0, 0.1) is 6.92 Å². The van der Waals surface area contributed by atoms with Gasteiger partial charge >= 0.3 is 0 Å². The number of aryl methyl sites for hydroxylation is 1. The van der Waals surface area contributed by atoms with E-state index in [0.717, 1.165) is 11.1 Å². The van der Waals surface area contributed by atoms with Gasteiger partial charge in [-0.25, -0.2) is 4.98 Å². The van der Waals surface area contributed by atoms with Crippen molar-refractivity contribution in [1.82, 2.24) is 4.98 Å². The molecule has 0 aliphatic carbocycles. The zero-order valence-electron chi connectivity index (χ0n) is 10.2. The van der Waals surface area contributed by atoms with Gasteiger partial charge < -0.3 is 11.1 Å². The normalized spacial score (nSPS) is 10.1. The van der Waals surface area contributed by atoms with E-state index in [9.17, 15) is 4.79 Å². The lowest BCUT2D eigenvalue weighted by atomic mass is 10.1. The number of aromatic nitrogens is 1. The first-order chi connectivity index (χ1) is 8.65. The Hall–Kier alpha value is -2.36. The van der Waals surface area contributed by atoms with Crippen molar-refractivity contribution >= 4 is 17.4 Å². The molecule has 2 rings (SSSR count). The molecule has 0 saturated heterocycles. The highest BCUT2D eigenvalue weighted by molar-refractivity contribution is 5.92. The van der Waals surface area contributed by atoms with E-state index in [0.29, 0.717) is 17.9 Å². The lowest BCUT2D eigenvalue weighted by Crippen LogP contribution is -2.16. The number of pyridine rings is 1. The number of nitrogen functional groups attached to an aromatic ring is 1. The van der Waals surface area contributed by atoms with Gasteiger partial charge in [-0.2, -0.15) is 0 Å². The molecule has 92 valence electrons. The van der Waals surface area contributed by atoms with E-state index in [1.165, 1.54) is 0 Å². The van der Waals surface area contributed by atoms with Crippen molar-refractivity contribution in [2.24, 2.45) is 0 Å². The average molecular weight is 241 g/mol. The Kier molecular flexibility index (Phi) is 3.57. The lowest BCUT2D eigenvalue weighted by Gasteiger charge is -2.07. The van der Waals surface area contributed by atoms with Crippen LogP contribution in [0.1, 0.15) is 11.1 Å². The number of rotatable bonds is 3. The van der Waals surface area contributed by atoms with Crippen LogP contribution in [0.15, 0.2) is 42.6 Å². The van der Waals surface area contributed by atoms with Gasteiger partial charge in [-0.15, -0.1) is 0 Å². The molecule has 4 nitrogen and oxygen atoms in total. The molecule has 1 heterocycles. The van der Waals surface area contributed by atoms with Gasteiger partial charge in [0, 0.05) is 11.9 Å². The molecule has 0 spiro atoms. The number of hydrogen-bond acceptors (Lipinski definition) is 3. The number of nitrogens with two attached hydrogens (primary N) is 1. The molecule has 2 aromatic rings. The van der Waals surface area contributed by atoms with E-state index >= 15 is 0 Å². The van der Waals surface area contributed by atoms with Gasteiger partial charge in [-0.1, -0.05) is 18.2 Å². The maximum Gasteiger partial charge on any atom is 0.229 e. The number of nitrogens with zero attached hydrogens (tertiary/aromatic N) is 1. The first kappa shape index (κ1) is 12.1. The van der Waals surface area contributed by atoms with Crippen LogP contribution >= 0.6 is 0 Å². The van der Waals surface area contributed by atoms with Gasteiger partial charge in [-0.3, -0.25) is 4.79 Å². The highest BCUT2D eigenvalue weighted by Gasteiger charge is 2.06.